The van der Waals surface area contributed by atoms with Crippen molar-refractivity contribution in [2.75, 3.05) is 39.4 Å². The van der Waals surface area contributed by atoms with Crippen molar-refractivity contribution < 1.29 is 23.5 Å². The normalized spacial score (nSPS) is 18.5. The minimum absolute atomic E-state index is 0.0528. The average Bonchev–Trinajstić information content (AvgIpc) is 3.20. The number of aromatic nitrogens is 2. The van der Waals surface area contributed by atoms with Crippen LogP contribution in [0.3, 0.4) is 0 Å². The van der Waals surface area contributed by atoms with Crippen LogP contribution in [0.15, 0.2) is 23.4 Å². The number of amides is 2. The molecule has 4 rings (SSSR count). The molecule has 1 atom stereocenters. The quantitative estimate of drug-likeness (QED) is 0.457. The SMILES string of the molecule is CC(C)(C)OC(=O)N1Cc2c(C(=O)NN=N)c(-c3ccc(F)c(Cl)c3)nn2C(CN2CCOCC2)C1. The third-order valence-electron chi connectivity index (χ3n) is 5.93. The minimum Gasteiger partial charge on any atom is -0.444 e. The summed E-state index contributed by atoms with van der Waals surface area (Å²) in [6.07, 6.45) is -0.509. The number of nitrogens with zero attached hydrogens (tertiary/aromatic N) is 5. The molecule has 1 aromatic heterocycles. The lowest BCUT2D eigenvalue weighted by molar-refractivity contribution is 0.00565. The minimum atomic E-state index is -0.700. The van der Waals surface area contributed by atoms with E-state index in [1.165, 1.54) is 18.2 Å². The molecule has 0 spiro atoms. The highest BCUT2D eigenvalue weighted by Gasteiger charge is 2.37. The van der Waals surface area contributed by atoms with Gasteiger partial charge in [-0.2, -0.15) is 10.6 Å². The molecule has 13 heteroatoms. The van der Waals surface area contributed by atoms with Gasteiger partial charge < -0.3 is 14.4 Å². The smallest absolute Gasteiger partial charge is 0.410 e. The van der Waals surface area contributed by atoms with E-state index < -0.39 is 23.4 Å². The van der Waals surface area contributed by atoms with Gasteiger partial charge in [-0.1, -0.05) is 16.8 Å². The molecule has 1 aromatic carbocycles. The van der Waals surface area contributed by atoms with E-state index in [0.29, 0.717) is 37.6 Å². The van der Waals surface area contributed by atoms with Gasteiger partial charge in [-0.15, -0.1) is 0 Å². The third kappa shape index (κ3) is 5.66. The van der Waals surface area contributed by atoms with Gasteiger partial charge in [0.2, 0.25) is 0 Å². The van der Waals surface area contributed by atoms with E-state index >= 15 is 0 Å². The van der Waals surface area contributed by atoms with Crippen molar-refractivity contribution in [2.24, 2.45) is 5.22 Å². The number of carbonyl (C=O) groups excluding carboxylic acids is 2. The Hall–Kier alpha value is -3.09. The van der Waals surface area contributed by atoms with Crippen molar-refractivity contribution in [3.8, 4) is 11.3 Å². The predicted octanol–water partition coefficient (Wildman–Crippen LogP) is 3.64. The summed E-state index contributed by atoms with van der Waals surface area (Å²) in [4.78, 5) is 29.9. The van der Waals surface area contributed by atoms with Crippen LogP contribution in [0.4, 0.5) is 9.18 Å². The zero-order chi connectivity index (χ0) is 26.0. The van der Waals surface area contributed by atoms with Crippen molar-refractivity contribution in [3.05, 3.63) is 40.3 Å². The van der Waals surface area contributed by atoms with Crippen molar-refractivity contribution >= 4 is 23.6 Å². The topological polar surface area (TPSA) is 125 Å². The van der Waals surface area contributed by atoms with Crippen LogP contribution < -0.4 is 5.43 Å². The fraction of sp³-hybridized carbons (Fsp3) is 0.522. The Labute approximate surface area is 212 Å². The van der Waals surface area contributed by atoms with Crippen LogP contribution in [0.2, 0.25) is 5.02 Å². The lowest BCUT2D eigenvalue weighted by Gasteiger charge is -2.38. The Bertz CT molecular complexity index is 1160. The van der Waals surface area contributed by atoms with Gasteiger partial charge >= 0.3 is 6.09 Å². The fourth-order valence-corrected chi connectivity index (χ4v) is 4.55. The molecule has 0 radical (unpaired) electrons. The van der Waals surface area contributed by atoms with Gasteiger partial charge in [0, 0.05) is 31.7 Å². The number of hydrogen-bond donors (Lipinski definition) is 2. The number of nitrogens with one attached hydrogen (secondary N) is 2. The Morgan fingerprint density at radius 2 is 2.06 bits per heavy atom. The second kappa shape index (κ2) is 10.5. The van der Waals surface area contributed by atoms with Crippen molar-refractivity contribution in [3.63, 3.8) is 0 Å². The van der Waals surface area contributed by atoms with Crippen LogP contribution in [0.1, 0.15) is 42.9 Å². The van der Waals surface area contributed by atoms with Crippen molar-refractivity contribution in [2.45, 2.75) is 39.0 Å². The standard InChI is InChI=1S/C23H29ClFN7O4/c1-23(2,3)36-22(34)31-12-15(11-30-6-8-35-9-7-30)32-18(13-31)19(21(33)27-29-26)20(28-32)14-4-5-17(25)16(24)10-14/h4-5,10,15H,6-9,11-13H2,1-3H3,(H2,26,27,33). The molecule has 2 aliphatic heterocycles. The zero-order valence-electron chi connectivity index (χ0n) is 20.4. The molecule has 2 N–H and O–H groups in total. The van der Waals surface area contributed by atoms with Gasteiger partial charge in [0.15, 0.2) is 0 Å². The number of benzene rings is 1. The Balaban J connectivity index is 1.81. The van der Waals surface area contributed by atoms with Crippen LogP contribution in [0, 0.1) is 11.3 Å². The Morgan fingerprint density at radius 3 is 2.69 bits per heavy atom. The van der Waals surface area contributed by atoms with E-state index in [1.54, 1.807) is 30.4 Å². The van der Waals surface area contributed by atoms with Crippen LogP contribution >= 0.6 is 11.6 Å². The van der Waals surface area contributed by atoms with Gasteiger partial charge in [0.25, 0.3) is 5.91 Å². The zero-order valence-corrected chi connectivity index (χ0v) is 21.1. The average molecular weight is 522 g/mol. The number of fused-ring (bicyclic) bond motifs is 1. The Morgan fingerprint density at radius 1 is 1.33 bits per heavy atom. The summed E-state index contributed by atoms with van der Waals surface area (Å²) < 4.78 is 26.7. The first-order valence-electron chi connectivity index (χ1n) is 11.6. The molecular formula is C23H29ClFN7O4. The predicted molar refractivity (Wildman–Crippen MR) is 128 cm³/mol. The van der Waals surface area contributed by atoms with E-state index in [9.17, 15) is 14.0 Å². The van der Waals surface area contributed by atoms with Gasteiger partial charge in [-0.25, -0.2) is 14.6 Å². The molecule has 2 aromatic rings. The van der Waals surface area contributed by atoms with Crippen LogP contribution in [-0.4, -0.2) is 76.6 Å². The summed E-state index contributed by atoms with van der Waals surface area (Å²) in [5.41, 5.74) is 9.84. The van der Waals surface area contributed by atoms with E-state index in [0.717, 1.165) is 13.1 Å². The molecule has 0 bridgehead atoms. The molecule has 0 aliphatic carbocycles. The molecule has 1 saturated heterocycles. The van der Waals surface area contributed by atoms with Gasteiger partial charge in [0.1, 0.15) is 17.1 Å². The second-order valence-electron chi connectivity index (χ2n) is 9.72. The van der Waals surface area contributed by atoms with Crippen LogP contribution in [-0.2, 0) is 16.0 Å². The second-order valence-corrected chi connectivity index (χ2v) is 10.1. The molecule has 1 fully saturated rings. The number of rotatable bonds is 5. The maximum atomic E-state index is 13.9. The maximum Gasteiger partial charge on any atom is 0.410 e. The fourth-order valence-electron chi connectivity index (χ4n) is 4.37. The summed E-state index contributed by atoms with van der Waals surface area (Å²) in [6.45, 7) is 8.95. The van der Waals surface area contributed by atoms with E-state index in [1.807, 2.05) is 0 Å². The first-order valence-corrected chi connectivity index (χ1v) is 12.0. The molecule has 36 heavy (non-hydrogen) atoms. The van der Waals surface area contributed by atoms with Crippen molar-refractivity contribution in [1.82, 2.24) is 25.0 Å². The van der Waals surface area contributed by atoms with Gasteiger partial charge in [0.05, 0.1) is 42.1 Å². The van der Waals surface area contributed by atoms with E-state index in [-0.39, 0.29) is 28.9 Å². The first kappa shape index (κ1) is 26.0. The summed E-state index contributed by atoms with van der Waals surface area (Å²) in [5, 5.41) is 7.65. The molecular weight excluding hydrogens is 493 g/mol. The molecule has 0 saturated carbocycles. The molecule has 2 aliphatic rings. The molecule has 11 nitrogen and oxygen atoms in total. The molecule has 194 valence electrons. The number of hydrogen-bond acceptors (Lipinski definition) is 8. The van der Waals surface area contributed by atoms with E-state index in [2.05, 4.69) is 15.5 Å². The number of halogens is 2. The Kier molecular flexibility index (Phi) is 7.57. The summed E-state index contributed by atoms with van der Waals surface area (Å²) in [7, 11) is 0. The van der Waals surface area contributed by atoms with Gasteiger partial charge in [-0.05, 0) is 39.0 Å². The summed E-state index contributed by atoms with van der Waals surface area (Å²) >= 11 is 6.02. The first-order chi connectivity index (χ1) is 17.1. The van der Waals surface area contributed by atoms with Crippen LogP contribution in [0.5, 0.6) is 0 Å². The lowest BCUT2D eigenvalue weighted by Crippen LogP contribution is -2.48. The monoisotopic (exact) mass is 521 g/mol. The molecule has 3 heterocycles. The number of ether oxygens (including phenoxy) is 2. The highest BCUT2D eigenvalue weighted by atomic mass is 35.5. The third-order valence-corrected chi connectivity index (χ3v) is 6.22. The maximum absolute atomic E-state index is 13.9. The highest BCUT2D eigenvalue weighted by Crippen LogP contribution is 2.34. The summed E-state index contributed by atoms with van der Waals surface area (Å²) in [6, 6.07) is 3.77. The van der Waals surface area contributed by atoms with E-state index in [4.69, 9.17) is 31.7 Å². The lowest BCUT2D eigenvalue weighted by atomic mass is 10.0. The number of morpholine rings is 1. The highest BCUT2D eigenvalue weighted by molar-refractivity contribution is 6.31. The van der Waals surface area contributed by atoms with Crippen molar-refractivity contribution in [1.29, 1.82) is 5.53 Å². The number of carbonyl (C=O) groups is 2. The molecule has 1 unspecified atom stereocenters. The van der Waals surface area contributed by atoms with Gasteiger partial charge in [-0.3, -0.25) is 14.4 Å². The summed E-state index contributed by atoms with van der Waals surface area (Å²) in [5.74, 6) is -1.27. The molecule has 2 amide bonds. The van der Waals surface area contributed by atoms with Crippen LogP contribution in [0.25, 0.3) is 11.3 Å². The largest absolute Gasteiger partial charge is 0.444 e.